The quantitative estimate of drug-likeness (QED) is 0.879. The second kappa shape index (κ2) is 6.38. The molecule has 2 rings (SSSR count). The van der Waals surface area contributed by atoms with Crippen LogP contribution in [0.4, 0.5) is 20.6 Å². The molecule has 0 heterocycles. The predicted molar refractivity (Wildman–Crippen MR) is 79.7 cm³/mol. The fourth-order valence-electron chi connectivity index (χ4n) is 1.61. The van der Waals surface area contributed by atoms with Crippen molar-refractivity contribution in [3.05, 3.63) is 52.8 Å². The summed E-state index contributed by atoms with van der Waals surface area (Å²) < 4.78 is 18.8. The zero-order chi connectivity index (χ0) is 14.5. The molecule has 0 radical (unpaired) electrons. The van der Waals surface area contributed by atoms with E-state index >= 15 is 0 Å². The number of methoxy groups -OCH3 is 1. The number of amides is 2. The minimum Gasteiger partial charge on any atom is -0.495 e. The lowest BCUT2D eigenvalue weighted by molar-refractivity contribution is 0.262. The first-order valence-electron chi connectivity index (χ1n) is 5.76. The average molecular weight is 339 g/mol. The second-order valence-electron chi connectivity index (χ2n) is 3.91. The molecule has 2 N–H and O–H groups in total. The van der Waals surface area contributed by atoms with Gasteiger partial charge in [0.2, 0.25) is 0 Å². The Bertz CT molecular complexity index is 634. The van der Waals surface area contributed by atoms with Crippen molar-refractivity contribution < 1.29 is 13.9 Å². The van der Waals surface area contributed by atoms with Gasteiger partial charge in [-0.25, -0.2) is 9.18 Å². The van der Waals surface area contributed by atoms with Crippen molar-refractivity contribution in [1.29, 1.82) is 0 Å². The summed E-state index contributed by atoms with van der Waals surface area (Å²) in [5.41, 5.74) is 0.892. The van der Waals surface area contributed by atoms with Gasteiger partial charge in [0.15, 0.2) is 0 Å². The summed E-state index contributed by atoms with van der Waals surface area (Å²) in [7, 11) is 1.52. The van der Waals surface area contributed by atoms with Gasteiger partial charge in [-0.1, -0.05) is 12.1 Å². The maximum absolute atomic E-state index is 13.3. The van der Waals surface area contributed by atoms with Crippen molar-refractivity contribution in [3.8, 4) is 5.75 Å². The van der Waals surface area contributed by atoms with Crippen LogP contribution in [0.25, 0.3) is 0 Å². The molecule has 4 nitrogen and oxygen atoms in total. The first-order chi connectivity index (χ1) is 9.60. The predicted octanol–water partition coefficient (Wildman–Crippen LogP) is 4.24. The van der Waals surface area contributed by atoms with Crippen LogP contribution in [0, 0.1) is 5.82 Å². The standard InChI is InChI=1S/C14H12BrFN2O2/c1-20-13-5-3-2-4-12(13)18-14(19)17-9-6-7-10(15)11(16)8-9/h2-8H,1H3,(H2,17,18,19). The Labute approximate surface area is 124 Å². The molecule has 0 aliphatic carbocycles. The van der Waals surface area contributed by atoms with Crippen LogP contribution in [-0.4, -0.2) is 13.1 Å². The monoisotopic (exact) mass is 338 g/mol. The number of anilines is 2. The molecule has 6 heteroatoms. The smallest absolute Gasteiger partial charge is 0.323 e. The molecule has 0 saturated carbocycles. The number of rotatable bonds is 3. The number of carbonyl (C=O) groups is 1. The van der Waals surface area contributed by atoms with Crippen LogP contribution < -0.4 is 15.4 Å². The number of hydrogen-bond donors (Lipinski definition) is 2. The number of carbonyl (C=O) groups excluding carboxylic acids is 1. The number of benzene rings is 2. The SMILES string of the molecule is COc1ccccc1NC(=O)Nc1ccc(Br)c(F)c1. The number of para-hydroxylation sites is 2. The maximum Gasteiger partial charge on any atom is 0.323 e. The van der Waals surface area contributed by atoms with Gasteiger partial charge >= 0.3 is 6.03 Å². The van der Waals surface area contributed by atoms with Gasteiger partial charge in [-0.05, 0) is 46.3 Å². The summed E-state index contributed by atoms with van der Waals surface area (Å²) in [6, 6.07) is 10.9. The Morgan fingerprint density at radius 2 is 1.95 bits per heavy atom. The van der Waals surface area contributed by atoms with E-state index in [0.29, 0.717) is 21.6 Å². The third-order valence-corrected chi connectivity index (χ3v) is 3.18. The van der Waals surface area contributed by atoms with Crippen molar-refractivity contribution in [2.45, 2.75) is 0 Å². The Balaban J connectivity index is 2.07. The Hall–Kier alpha value is -2.08. The van der Waals surface area contributed by atoms with Gasteiger partial charge in [0.25, 0.3) is 0 Å². The van der Waals surface area contributed by atoms with Gasteiger partial charge < -0.3 is 15.4 Å². The molecule has 0 fully saturated rings. The molecule has 0 atom stereocenters. The second-order valence-corrected chi connectivity index (χ2v) is 4.76. The van der Waals surface area contributed by atoms with Crippen LogP contribution in [0.2, 0.25) is 0 Å². The van der Waals surface area contributed by atoms with E-state index in [0.717, 1.165) is 0 Å². The van der Waals surface area contributed by atoms with E-state index in [-0.39, 0.29) is 0 Å². The summed E-state index contributed by atoms with van der Waals surface area (Å²) in [6.45, 7) is 0. The summed E-state index contributed by atoms with van der Waals surface area (Å²) in [6.07, 6.45) is 0. The molecular weight excluding hydrogens is 327 g/mol. The van der Waals surface area contributed by atoms with Crippen LogP contribution in [-0.2, 0) is 0 Å². The molecular formula is C14H12BrFN2O2. The van der Waals surface area contributed by atoms with E-state index in [4.69, 9.17) is 4.74 Å². The van der Waals surface area contributed by atoms with Gasteiger partial charge in [0, 0.05) is 5.69 Å². The Morgan fingerprint density at radius 1 is 1.20 bits per heavy atom. The summed E-state index contributed by atoms with van der Waals surface area (Å²) in [5.74, 6) is 0.102. The lowest BCUT2D eigenvalue weighted by Gasteiger charge is -2.11. The van der Waals surface area contributed by atoms with Gasteiger partial charge in [-0.3, -0.25) is 0 Å². The first-order valence-corrected chi connectivity index (χ1v) is 6.55. The maximum atomic E-state index is 13.3. The largest absolute Gasteiger partial charge is 0.495 e. The van der Waals surface area contributed by atoms with Crippen molar-refractivity contribution in [2.24, 2.45) is 0 Å². The van der Waals surface area contributed by atoms with Crippen LogP contribution >= 0.6 is 15.9 Å². The highest BCUT2D eigenvalue weighted by Crippen LogP contribution is 2.24. The molecule has 0 bridgehead atoms. The summed E-state index contributed by atoms with van der Waals surface area (Å²) in [5, 5.41) is 5.18. The van der Waals surface area contributed by atoms with E-state index in [1.807, 2.05) is 0 Å². The summed E-state index contributed by atoms with van der Waals surface area (Å²) in [4.78, 5) is 11.8. The van der Waals surface area contributed by atoms with Crippen molar-refractivity contribution in [3.63, 3.8) is 0 Å². The van der Waals surface area contributed by atoms with E-state index in [9.17, 15) is 9.18 Å². The average Bonchev–Trinajstić information content (AvgIpc) is 2.43. The Morgan fingerprint density at radius 3 is 2.65 bits per heavy atom. The third kappa shape index (κ3) is 3.48. The summed E-state index contributed by atoms with van der Waals surface area (Å²) >= 11 is 3.05. The highest BCUT2D eigenvalue weighted by Gasteiger charge is 2.08. The van der Waals surface area contributed by atoms with Crippen LogP contribution in [0.3, 0.4) is 0 Å². The molecule has 0 unspecified atom stereocenters. The zero-order valence-electron chi connectivity index (χ0n) is 10.6. The van der Waals surface area contributed by atoms with Gasteiger partial charge in [-0.15, -0.1) is 0 Å². The third-order valence-electron chi connectivity index (χ3n) is 2.53. The number of halogens is 2. The molecule has 20 heavy (non-hydrogen) atoms. The first kappa shape index (κ1) is 14.3. The highest BCUT2D eigenvalue weighted by atomic mass is 79.9. The topological polar surface area (TPSA) is 50.4 Å². The normalized spacial score (nSPS) is 9.95. The fourth-order valence-corrected chi connectivity index (χ4v) is 1.85. The molecule has 2 aromatic carbocycles. The molecule has 0 spiro atoms. The zero-order valence-corrected chi connectivity index (χ0v) is 12.2. The fraction of sp³-hybridized carbons (Fsp3) is 0.0714. The molecule has 0 aliphatic heterocycles. The Kier molecular flexibility index (Phi) is 4.57. The van der Waals surface area contributed by atoms with Crippen molar-refractivity contribution in [2.75, 3.05) is 17.7 Å². The lowest BCUT2D eigenvalue weighted by atomic mass is 10.3. The van der Waals surface area contributed by atoms with Gasteiger partial charge in [0.05, 0.1) is 17.3 Å². The number of hydrogen-bond acceptors (Lipinski definition) is 2. The van der Waals surface area contributed by atoms with E-state index in [2.05, 4.69) is 26.6 Å². The number of nitrogens with one attached hydrogen (secondary N) is 2. The van der Waals surface area contributed by atoms with Crippen molar-refractivity contribution >= 4 is 33.3 Å². The van der Waals surface area contributed by atoms with Gasteiger partial charge in [0.1, 0.15) is 11.6 Å². The van der Waals surface area contributed by atoms with Crippen LogP contribution in [0.1, 0.15) is 0 Å². The molecule has 2 aromatic rings. The number of urea groups is 1. The van der Waals surface area contributed by atoms with E-state index < -0.39 is 11.8 Å². The molecule has 2 amide bonds. The molecule has 104 valence electrons. The van der Waals surface area contributed by atoms with Gasteiger partial charge in [-0.2, -0.15) is 0 Å². The molecule has 0 saturated heterocycles. The van der Waals surface area contributed by atoms with Crippen molar-refractivity contribution in [1.82, 2.24) is 0 Å². The number of ether oxygens (including phenoxy) is 1. The van der Waals surface area contributed by atoms with Crippen LogP contribution in [0.5, 0.6) is 5.75 Å². The van der Waals surface area contributed by atoms with Crippen LogP contribution in [0.15, 0.2) is 46.9 Å². The minimum absolute atomic E-state index is 0.341. The molecule has 0 aliphatic rings. The highest BCUT2D eigenvalue weighted by molar-refractivity contribution is 9.10. The lowest BCUT2D eigenvalue weighted by Crippen LogP contribution is -2.19. The minimum atomic E-state index is -0.476. The van der Waals surface area contributed by atoms with E-state index in [1.54, 1.807) is 30.3 Å². The van der Waals surface area contributed by atoms with E-state index in [1.165, 1.54) is 19.2 Å². The molecule has 0 aromatic heterocycles.